The van der Waals surface area contributed by atoms with Gasteiger partial charge >= 0.3 is 5.97 Å². The topological polar surface area (TPSA) is 43.4 Å². The zero-order valence-corrected chi connectivity index (χ0v) is 29.9. The van der Waals surface area contributed by atoms with Crippen molar-refractivity contribution in [2.24, 2.45) is 56.7 Å². The summed E-state index contributed by atoms with van der Waals surface area (Å²) in [5.74, 6) is 2.92. The van der Waals surface area contributed by atoms with Crippen LogP contribution in [-0.4, -0.2) is 17.9 Å². The second-order valence-electron chi connectivity index (χ2n) is 18.5. The standard InChI is InChI=1S/C42H60O3/c1-27(2)30-17-22-42(25-26-43)24-23-40(9)32(35(30)42)15-16-34-39(8)20-18-31(38(6,7)33(39)19-21-41(34,40)10)28-11-13-29(14-12-28)36(44)45-37(3,4)5/h11-14,18,26,30,32-35H,1,15-17,19-25H2,2-10H3/t30-,32+,33-,34+,35+,39-,40+,41+,42+/m0/s1. The van der Waals surface area contributed by atoms with E-state index in [-0.39, 0.29) is 22.2 Å². The maximum atomic E-state index is 12.7. The van der Waals surface area contributed by atoms with Crippen molar-refractivity contribution in [2.75, 3.05) is 0 Å². The maximum Gasteiger partial charge on any atom is 0.338 e. The summed E-state index contributed by atoms with van der Waals surface area (Å²) in [5.41, 5.74) is 5.24. The highest BCUT2D eigenvalue weighted by atomic mass is 16.6. The zero-order chi connectivity index (χ0) is 32.8. The molecule has 4 saturated carbocycles. The minimum absolute atomic E-state index is 0.0434. The summed E-state index contributed by atoms with van der Waals surface area (Å²) in [5, 5.41) is 0. The van der Waals surface area contributed by atoms with Gasteiger partial charge in [0.15, 0.2) is 0 Å². The number of carbonyl (C=O) groups is 2. The van der Waals surface area contributed by atoms with Crippen LogP contribution in [-0.2, 0) is 9.53 Å². The minimum atomic E-state index is -0.501. The Kier molecular flexibility index (Phi) is 7.78. The smallest absolute Gasteiger partial charge is 0.338 e. The largest absolute Gasteiger partial charge is 0.456 e. The van der Waals surface area contributed by atoms with Crippen LogP contribution in [0.4, 0.5) is 0 Å². The van der Waals surface area contributed by atoms with E-state index in [4.69, 9.17) is 4.74 Å². The van der Waals surface area contributed by atoms with E-state index in [2.05, 4.69) is 66.3 Å². The molecule has 1 aromatic carbocycles. The van der Waals surface area contributed by atoms with E-state index >= 15 is 0 Å². The molecule has 0 radical (unpaired) electrons. The van der Waals surface area contributed by atoms with E-state index in [9.17, 15) is 9.59 Å². The van der Waals surface area contributed by atoms with E-state index in [1.54, 1.807) is 0 Å². The fraction of sp³-hybridized carbons (Fsp3) is 0.714. The van der Waals surface area contributed by atoms with Gasteiger partial charge in [0.2, 0.25) is 0 Å². The summed E-state index contributed by atoms with van der Waals surface area (Å²) in [6.07, 6.45) is 15.8. The minimum Gasteiger partial charge on any atom is -0.456 e. The van der Waals surface area contributed by atoms with Crippen LogP contribution in [0.5, 0.6) is 0 Å². The molecule has 3 nitrogen and oxygen atoms in total. The van der Waals surface area contributed by atoms with Crippen LogP contribution in [0.15, 0.2) is 42.5 Å². The van der Waals surface area contributed by atoms with E-state index in [0.29, 0.717) is 46.0 Å². The predicted octanol–water partition coefficient (Wildman–Crippen LogP) is 10.9. The van der Waals surface area contributed by atoms with Crippen molar-refractivity contribution in [1.82, 2.24) is 0 Å². The molecule has 0 saturated heterocycles. The SMILES string of the molecule is C=C(C)[C@@H]1CC[C@]2(CC=O)CC[C@]3(C)[C@H](CC[C@@H]4[C@@]5(C)CC=C(c6ccc(C(=O)OC(C)(C)C)cc6)C(C)(C)[C@@H]5CC[C@]43C)[C@@H]12. The van der Waals surface area contributed by atoms with Crippen LogP contribution in [0.1, 0.15) is 142 Å². The van der Waals surface area contributed by atoms with Gasteiger partial charge < -0.3 is 9.53 Å². The molecule has 5 aliphatic rings. The summed E-state index contributed by atoms with van der Waals surface area (Å²) in [4.78, 5) is 24.8. The van der Waals surface area contributed by atoms with Gasteiger partial charge in [0, 0.05) is 6.42 Å². The third-order valence-corrected chi connectivity index (χ3v) is 15.1. The Morgan fingerprint density at radius 3 is 2.22 bits per heavy atom. The first-order chi connectivity index (χ1) is 20.9. The lowest BCUT2D eigenvalue weighted by Crippen LogP contribution is -2.65. The molecule has 0 aliphatic heterocycles. The van der Waals surface area contributed by atoms with Crippen molar-refractivity contribution in [2.45, 2.75) is 132 Å². The molecule has 4 fully saturated rings. The summed E-state index contributed by atoms with van der Waals surface area (Å²) >= 11 is 0. The average Bonchev–Trinajstić information content (AvgIpc) is 3.32. The van der Waals surface area contributed by atoms with E-state index in [1.165, 1.54) is 74.4 Å². The molecule has 3 heteroatoms. The monoisotopic (exact) mass is 612 g/mol. The normalized spacial score (nSPS) is 41.9. The summed E-state index contributed by atoms with van der Waals surface area (Å²) in [6.45, 7) is 25.5. The lowest BCUT2D eigenvalue weighted by Gasteiger charge is -2.72. The lowest BCUT2D eigenvalue weighted by atomic mass is 9.32. The van der Waals surface area contributed by atoms with Gasteiger partial charge in [-0.3, -0.25) is 0 Å². The predicted molar refractivity (Wildman–Crippen MR) is 185 cm³/mol. The number of aldehydes is 1. The first-order valence-electron chi connectivity index (χ1n) is 18.1. The molecule has 0 N–H and O–H groups in total. The summed E-state index contributed by atoms with van der Waals surface area (Å²) in [7, 11) is 0. The molecular formula is C42H60O3. The molecular weight excluding hydrogens is 552 g/mol. The highest BCUT2D eigenvalue weighted by Crippen LogP contribution is 2.78. The Labute approximate surface area is 274 Å². The van der Waals surface area contributed by atoms with Crippen LogP contribution in [0.3, 0.4) is 0 Å². The molecule has 9 atom stereocenters. The quantitative estimate of drug-likeness (QED) is 0.189. The molecule has 45 heavy (non-hydrogen) atoms. The van der Waals surface area contributed by atoms with Gasteiger partial charge in [-0.1, -0.05) is 65.0 Å². The first-order valence-corrected chi connectivity index (χ1v) is 18.1. The number of fused-ring (bicyclic) bond motifs is 7. The molecule has 0 amide bonds. The molecule has 5 aliphatic carbocycles. The van der Waals surface area contributed by atoms with E-state index in [1.807, 2.05) is 32.9 Å². The molecule has 6 rings (SSSR count). The molecule has 246 valence electrons. The Bertz CT molecular complexity index is 1390. The molecule has 0 unspecified atom stereocenters. The van der Waals surface area contributed by atoms with E-state index < -0.39 is 5.60 Å². The number of hydrogen-bond donors (Lipinski definition) is 0. The number of allylic oxidation sites excluding steroid dienone is 3. The molecule has 0 bridgehead atoms. The molecule has 1 aromatic rings. The number of esters is 1. The summed E-state index contributed by atoms with van der Waals surface area (Å²) in [6, 6.07) is 8.18. The van der Waals surface area contributed by atoms with Gasteiger partial charge in [-0.2, -0.15) is 0 Å². The average molecular weight is 613 g/mol. The van der Waals surface area contributed by atoms with Crippen LogP contribution in [0.2, 0.25) is 0 Å². The third kappa shape index (κ3) is 4.78. The van der Waals surface area contributed by atoms with E-state index in [0.717, 1.165) is 12.8 Å². The van der Waals surface area contributed by atoms with Crippen molar-refractivity contribution < 1.29 is 14.3 Å². The molecule has 0 spiro atoms. The lowest BCUT2D eigenvalue weighted by molar-refractivity contribution is -0.225. The third-order valence-electron chi connectivity index (χ3n) is 15.1. The fourth-order valence-electron chi connectivity index (χ4n) is 13.0. The number of hydrogen-bond acceptors (Lipinski definition) is 3. The number of ether oxygens (including phenoxy) is 1. The number of carbonyl (C=O) groups excluding carboxylic acids is 2. The number of benzene rings is 1. The Morgan fingerprint density at radius 1 is 0.911 bits per heavy atom. The van der Waals surface area contributed by atoms with Crippen LogP contribution in [0, 0.1) is 56.7 Å². The Balaban J connectivity index is 1.31. The summed E-state index contributed by atoms with van der Waals surface area (Å²) < 4.78 is 5.62. The fourth-order valence-corrected chi connectivity index (χ4v) is 13.0. The van der Waals surface area contributed by atoms with Gasteiger partial charge in [0.1, 0.15) is 11.9 Å². The van der Waals surface area contributed by atoms with Crippen molar-refractivity contribution in [1.29, 1.82) is 0 Å². The molecule has 0 aromatic heterocycles. The van der Waals surface area contributed by atoms with Crippen molar-refractivity contribution in [3.63, 3.8) is 0 Å². The van der Waals surface area contributed by atoms with Crippen LogP contribution in [0.25, 0.3) is 5.57 Å². The Morgan fingerprint density at radius 2 is 1.60 bits per heavy atom. The van der Waals surface area contributed by atoms with Gasteiger partial charge in [-0.25, -0.2) is 4.79 Å². The van der Waals surface area contributed by atoms with Gasteiger partial charge in [0.25, 0.3) is 0 Å². The highest BCUT2D eigenvalue weighted by Gasteiger charge is 2.70. The van der Waals surface area contributed by atoms with Crippen molar-refractivity contribution in [3.05, 3.63) is 53.6 Å². The maximum absolute atomic E-state index is 12.7. The first kappa shape index (κ1) is 32.8. The van der Waals surface area contributed by atoms with Crippen LogP contribution >= 0.6 is 0 Å². The van der Waals surface area contributed by atoms with Gasteiger partial charge in [-0.05, 0) is 165 Å². The second kappa shape index (κ2) is 10.7. The van der Waals surface area contributed by atoms with Gasteiger partial charge in [-0.15, -0.1) is 0 Å². The van der Waals surface area contributed by atoms with Crippen LogP contribution < -0.4 is 0 Å². The number of rotatable bonds is 5. The van der Waals surface area contributed by atoms with Gasteiger partial charge in [0.05, 0.1) is 5.56 Å². The van der Waals surface area contributed by atoms with Crippen molar-refractivity contribution >= 4 is 17.8 Å². The zero-order valence-electron chi connectivity index (χ0n) is 29.9. The van der Waals surface area contributed by atoms with Crippen molar-refractivity contribution in [3.8, 4) is 0 Å². The highest BCUT2D eigenvalue weighted by molar-refractivity contribution is 5.90. The Hall–Kier alpha value is -2.16. The molecule has 0 heterocycles. The second-order valence-corrected chi connectivity index (χ2v) is 18.5.